The van der Waals surface area contributed by atoms with E-state index in [1.54, 1.807) is 26.7 Å². The van der Waals surface area contributed by atoms with Crippen molar-refractivity contribution in [3.63, 3.8) is 0 Å². The lowest BCUT2D eigenvalue weighted by Gasteiger charge is -2.12. The maximum atomic E-state index is 5.30. The highest BCUT2D eigenvalue weighted by molar-refractivity contribution is 9.10. The Morgan fingerprint density at radius 2 is 1.89 bits per heavy atom. The Balaban J connectivity index is 2.03. The third-order valence-electron chi connectivity index (χ3n) is 2.78. The third-order valence-corrected chi connectivity index (χ3v) is 3.52. The second-order valence-electron chi connectivity index (χ2n) is 4.03. The number of hydrogen-bond donors (Lipinski definition) is 1. The maximum Gasteiger partial charge on any atom is 0.161 e. The van der Waals surface area contributed by atoms with Gasteiger partial charge >= 0.3 is 0 Å². The molecule has 0 amide bonds. The summed E-state index contributed by atoms with van der Waals surface area (Å²) in [4.78, 5) is 0. The molecule has 0 unspecified atom stereocenters. The Hall–Kier alpha value is -1.46. The molecule has 0 spiro atoms. The van der Waals surface area contributed by atoms with Crippen molar-refractivity contribution >= 4 is 15.9 Å². The maximum absolute atomic E-state index is 5.30. The molecular formula is C14H16BrNO3. The van der Waals surface area contributed by atoms with Crippen LogP contribution in [0.4, 0.5) is 0 Å². The van der Waals surface area contributed by atoms with Crippen molar-refractivity contribution in [1.82, 2.24) is 5.32 Å². The standard InChI is InChI=1S/C14H16BrNO3/c1-17-13-5-11(12(15)6-14(13)18-2)8-16-7-10-3-4-19-9-10/h3-6,9,16H,7-8H2,1-2H3. The second-order valence-corrected chi connectivity index (χ2v) is 4.89. The minimum absolute atomic E-state index is 0.716. The van der Waals surface area contributed by atoms with Crippen LogP contribution in [0.15, 0.2) is 39.6 Å². The summed E-state index contributed by atoms with van der Waals surface area (Å²) in [5.74, 6) is 1.44. The van der Waals surface area contributed by atoms with Crippen LogP contribution in [0.1, 0.15) is 11.1 Å². The van der Waals surface area contributed by atoms with Crippen LogP contribution in [0.3, 0.4) is 0 Å². The number of furan rings is 1. The van der Waals surface area contributed by atoms with Crippen LogP contribution in [0.2, 0.25) is 0 Å². The van der Waals surface area contributed by atoms with Gasteiger partial charge < -0.3 is 19.2 Å². The molecule has 1 aromatic heterocycles. The van der Waals surface area contributed by atoms with E-state index in [0.29, 0.717) is 5.75 Å². The van der Waals surface area contributed by atoms with E-state index < -0.39 is 0 Å². The van der Waals surface area contributed by atoms with Crippen molar-refractivity contribution in [3.8, 4) is 11.5 Å². The quantitative estimate of drug-likeness (QED) is 0.884. The van der Waals surface area contributed by atoms with Gasteiger partial charge in [0, 0.05) is 23.1 Å². The summed E-state index contributed by atoms with van der Waals surface area (Å²) < 4.78 is 16.6. The van der Waals surface area contributed by atoms with E-state index in [1.807, 2.05) is 18.2 Å². The molecule has 0 aliphatic heterocycles. The topological polar surface area (TPSA) is 43.6 Å². The molecule has 0 saturated heterocycles. The number of nitrogens with one attached hydrogen (secondary N) is 1. The second kappa shape index (κ2) is 6.63. The SMILES string of the molecule is COc1cc(Br)c(CNCc2ccoc2)cc1OC. The van der Waals surface area contributed by atoms with Gasteiger partial charge in [0.05, 0.1) is 26.7 Å². The van der Waals surface area contributed by atoms with Crippen molar-refractivity contribution < 1.29 is 13.9 Å². The first-order chi connectivity index (χ1) is 9.24. The summed E-state index contributed by atoms with van der Waals surface area (Å²) in [5.41, 5.74) is 2.23. The van der Waals surface area contributed by atoms with Crippen LogP contribution in [0, 0.1) is 0 Å². The van der Waals surface area contributed by atoms with Gasteiger partial charge in [-0.1, -0.05) is 15.9 Å². The molecule has 0 radical (unpaired) electrons. The summed E-state index contributed by atoms with van der Waals surface area (Å²) in [5, 5.41) is 3.35. The third kappa shape index (κ3) is 3.52. The zero-order valence-corrected chi connectivity index (χ0v) is 12.5. The lowest BCUT2D eigenvalue weighted by molar-refractivity contribution is 0.354. The van der Waals surface area contributed by atoms with E-state index in [0.717, 1.165) is 34.4 Å². The van der Waals surface area contributed by atoms with Crippen molar-refractivity contribution in [2.45, 2.75) is 13.1 Å². The highest BCUT2D eigenvalue weighted by atomic mass is 79.9. The van der Waals surface area contributed by atoms with Crippen molar-refractivity contribution in [1.29, 1.82) is 0 Å². The van der Waals surface area contributed by atoms with Gasteiger partial charge in [0.1, 0.15) is 0 Å². The van der Waals surface area contributed by atoms with Crippen LogP contribution in [0.25, 0.3) is 0 Å². The predicted octanol–water partition coefficient (Wildman–Crippen LogP) is 3.35. The lowest BCUT2D eigenvalue weighted by Crippen LogP contribution is -2.12. The molecule has 0 aliphatic carbocycles. The smallest absolute Gasteiger partial charge is 0.161 e. The number of hydrogen-bond acceptors (Lipinski definition) is 4. The Morgan fingerprint density at radius 3 is 2.53 bits per heavy atom. The van der Waals surface area contributed by atoms with Gasteiger partial charge in [-0.15, -0.1) is 0 Å². The molecule has 0 saturated carbocycles. The van der Waals surface area contributed by atoms with Crippen molar-refractivity contribution in [2.75, 3.05) is 14.2 Å². The van der Waals surface area contributed by atoms with Crippen LogP contribution >= 0.6 is 15.9 Å². The van der Waals surface area contributed by atoms with Crippen LogP contribution in [-0.2, 0) is 13.1 Å². The molecule has 102 valence electrons. The highest BCUT2D eigenvalue weighted by Gasteiger charge is 2.09. The van der Waals surface area contributed by atoms with Gasteiger partial charge in [0.15, 0.2) is 11.5 Å². The molecule has 2 rings (SSSR count). The predicted molar refractivity (Wildman–Crippen MR) is 76.5 cm³/mol. The highest BCUT2D eigenvalue weighted by Crippen LogP contribution is 2.33. The molecule has 1 aromatic carbocycles. The molecule has 0 aliphatic rings. The Labute approximate surface area is 120 Å². The zero-order valence-electron chi connectivity index (χ0n) is 10.9. The van der Waals surface area contributed by atoms with Crippen LogP contribution in [-0.4, -0.2) is 14.2 Å². The fourth-order valence-electron chi connectivity index (χ4n) is 1.77. The summed E-state index contributed by atoms with van der Waals surface area (Å²) >= 11 is 3.54. The van der Waals surface area contributed by atoms with E-state index in [2.05, 4.69) is 21.2 Å². The molecule has 0 fully saturated rings. The first kappa shape index (κ1) is 14.0. The molecule has 5 heteroatoms. The normalized spacial score (nSPS) is 10.5. The Morgan fingerprint density at radius 1 is 1.16 bits per heavy atom. The number of halogens is 1. The van der Waals surface area contributed by atoms with E-state index in [4.69, 9.17) is 13.9 Å². The Kier molecular flexibility index (Phi) is 4.87. The molecule has 19 heavy (non-hydrogen) atoms. The van der Waals surface area contributed by atoms with Gasteiger partial charge in [-0.2, -0.15) is 0 Å². The summed E-state index contributed by atoms with van der Waals surface area (Å²) in [7, 11) is 3.26. The Bertz CT molecular complexity index is 526. The molecule has 0 bridgehead atoms. The first-order valence-corrected chi connectivity index (χ1v) is 6.66. The number of methoxy groups -OCH3 is 2. The number of rotatable bonds is 6. The average Bonchev–Trinajstić information content (AvgIpc) is 2.93. The number of benzene rings is 1. The summed E-state index contributed by atoms with van der Waals surface area (Å²) in [6.45, 7) is 1.49. The van der Waals surface area contributed by atoms with E-state index in [-0.39, 0.29) is 0 Å². The zero-order chi connectivity index (χ0) is 13.7. The van der Waals surface area contributed by atoms with Crippen LogP contribution < -0.4 is 14.8 Å². The van der Waals surface area contributed by atoms with Gasteiger partial charge in [-0.25, -0.2) is 0 Å². The van der Waals surface area contributed by atoms with Gasteiger partial charge in [-0.05, 0) is 23.8 Å². The van der Waals surface area contributed by atoms with Crippen LogP contribution in [0.5, 0.6) is 11.5 Å². The van der Waals surface area contributed by atoms with Gasteiger partial charge in [-0.3, -0.25) is 0 Å². The van der Waals surface area contributed by atoms with Crippen molar-refractivity contribution in [2.24, 2.45) is 0 Å². The fourth-order valence-corrected chi connectivity index (χ4v) is 2.23. The van der Waals surface area contributed by atoms with E-state index >= 15 is 0 Å². The summed E-state index contributed by atoms with van der Waals surface area (Å²) in [6, 6.07) is 5.82. The van der Waals surface area contributed by atoms with Gasteiger partial charge in [0.25, 0.3) is 0 Å². The molecule has 1 heterocycles. The lowest BCUT2D eigenvalue weighted by atomic mass is 10.2. The molecule has 1 N–H and O–H groups in total. The average molecular weight is 326 g/mol. The minimum Gasteiger partial charge on any atom is -0.493 e. The molecule has 0 atom stereocenters. The van der Waals surface area contributed by atoms with E-state index in [9.17, 15) is 0 Å². The van der Waals surface area contributed by atoms with Crippen molar-refractivity contribution in [3.05, 3.63) is 46.3 Å². The fraction of sp³-hybridized carbons (Fsp3) is 0.286. The van der Waals surface area contributed by atoms with Gasteiger partial charge in [0.2, 0.25) is 0 Å². The minimum atomic E-state index is 0.716. The molecular weight excluding hydrogens is 310 g/mol. The molecule has 4 nitrogen and oxygen atoms in total. The first-order valence-electron chi connectivity index (χ1n) is 5.86. The van der Waals surface area contributed by atoms with E-state index in [1.165, 1.54) is 0 Å². The summed E-state index contributed by atoms with van der Waals surface area (Å²) in [6.07, 6.45) is 3.40. The largest absolute Gasteiger partial charge is 0.493 e. The molecule has 2 aromatic rings. The number of ether oxygens (including phenoxy) is 2. The monoisotopic (exact) mass is 325 g/mol.